The van der Waals surface area contributed by atoms with Crippen molar-refractivity contribution in [3.05, 3.63) is 84.1 Å². The fraction of sp³-hybridized carbons (Fsp3) is 0.250. The van der Waals surface area contributed by atoms with Gasteiger partial charge in [-0.1, -0.05) is 42.5 Å². The van der Waals surface area contributed by atoms with Gasteiger partial charge in [-0.25, -0.2) is 14.6 Å². The first-order valence-corrected chi connectivity index (χ1v) is 12.7. The predicted molar refractivity (Wildman–Crippen MR) is 142 cm³/mol. The average molecular weight is 627 g/mol. The molecule has 0 spiro atoms. The minimum absolute atomic E-state index is 0.0863. The quantitative estimate of drug-likeness (QED) is 0.120. The van der Waals surface area contributed by atoms with Crippen LogP contribution in [-0.4, -0.2) is 54.8 Å². The Morgan fingerprint density at radius 1 is 0.841 bits per heavy atom. The highest BCUT2D eigenvalue weighted by molar-refractivity contribution is 5.89. The Labute approximate surface area is 245 Å². The number of nitrogens with one attached hydrogen (secondary N) is 3. The van der Waals surface area contributed by atoms with Crippen LogP contribution in [0.25, 0.3) is 11.1 Å². The van der Waals surface area contributed by atoms with Crippen molar-refractivity contribution >= 4 is 29.8 Å². The topological polar surface area (TPSA) is 136 Å². The van der Waals surface area contributed by atoms with Gasteiger partial charge in [0.05, 0.1) is 24.6 Å². The summed E-state index contributed by atoms with van der Waals surface area (Å²) >= 11 is 0. The largest absolute Gasteiger partial charge is 0.491 e. The smallest absolute Gasteiger partial charge is 0.448 e. The third-order valence-corrected chi connectivity index (χ3v) is 5.70. The molecule has 0 bridgehead atoms. The van der Waals surface area contributed by atoms with Gasteiger partial charge in [-0.2, -0.15) is 26.3 Å². The number of rotatable bonds is 11. The Kier molecular flexibility index (Phi) is 11.2. The number of benzene rings is 2. The van der Waals surface area contributed by atoms with Crippen molar-refractivity contribution in [2.24, 2.45) is 0 Å². The average Bonchev–Trinajstić information content (AvgIpc) is 2.97. The first kappa shape index (κ1) is 33.4. The Bertz CT molecular complexity index is 1430. The molecule has 0 aliphatic heterocycles. The van der Waals surface area contributed by atoms with Gasteiger partial charge in [0.25, 0.3) is 0 Å². The predicted octanol–water partition coefficient (Wildman–Crippen LogP) is 4.79. The number of alkyl halides is 6. The Hall–Kier alpha value is -5.15. The van der Waals surface area contributed by atoms with Crippen molar-refractivity contribution in [1.82, 2.24) is 15.6 Å². The number of carbonyl (C=O) groups excluding carboxylic acids is 4. The summed E-state index contributed by atoms with van der Waals surface area (Å²) in [6.45, 7) is -0.528. The van der Waals surface area contributed by atoms with Crippen molar-refractivity contribution in [3.63, 3.8) is 0 Å². The van der Waals surface area contributed by atoms with Crippen LogP contribution in [0.2, 0.25) is 0 Å². The van der Waals surface area contributed by atoms with Crippen molar-refractivity contribution in [2.75, 3.05) is 25.0 Å². The van der Waals surface area contributed by atoms with E-state index in [1.54, 1.807) is 24.4 Å². The van der Waals surface area contributed by atoms with E-state index in [-0.39, 0.29) is 18.7 Å². The molecule has 0 saturated heterocycles. The summed E-state index contributed by atoms with van der Waals surface area (Å²) in [5.74, 6) is -4.67. The highest BCUT2D eigenvalue weighted by Gasteiger charge is 2.42. The molecule has 2 aromatic carbocycles. The summed E-state index contributed by atoms with van der Waals surface area (Å²) in [5, 5.41) is 7.42. The first-order valence-electron chi connectivity index (χ1n) is 12.7. The van der Waals surface area contributed by atoms with E-state index in [0.717, 1.165) is 12.1 Å². The number of alkyl carbamates (subject to hydrolysis) is 1. The third kappa shape index (κ3) is 10.6. The van der Waals surface area contributed by atoms with Gasteiger partial charge in [-0.3, -0.25) is 9.59 Å². The van der Waals surface area contributed by atoms with Gasteiger partial charge in [0.2, 0.25) is 5.91 Å². The number of amides is 2. The number of hydrogen-bond donors (Lipinski definition) is 3. The van der Waals surface area contributed by atoms with Crippen molar-refractivity contribution < 1.29 is 55.0 Å². The molecule has 1 atom stereocenters. The molecule has 0 aliphatic carbocycles. The molecule has 0 saturated carbocycles. The zero-order valence-electron chi connectivity index (χ0n) is 22.5. The molecule has 0 radical (unpaired) electrons. The zero-order valence-corrected chi connectivity index (χ0v) is 22.5. The van der Waals surface area contributed by atoms with Gasteiger partial charge in [0.15, 0.2) is 0 Å². The second-order valence-electron chi connectivity index (χ2n) is 8.91. The van der Waals surface area contributed by atoms with E-state index in [1.807, 2.05) is 0 Å². The Morgan fingerprint density at radius 3 is 2.05 bits per heavy atom. The van der Waals surface area contributed by atoms with Gasteiger partial charge in [0, 0.05) is 6.20 Å². The van der Waals surface area contributed by atoms with E-state index >= 15 is 0 Å². The molecule has 1 heterocycles. The number of carbonyl (C=O) groups is 4. The molecule has 44 heavy (non-hydrogen) atoms. The SMILES string of the molecule is O=C(CNC(=O)OCCNc1ccccn1)NC(CC(=O)OC(=O)C(F)(F)F)c1ccc(-c2ccc(C(F)(F)F)cc2)cc1. The van der Waals surface area contributed by atoms with Gasteiger partial charge in [-0.15, -0.1) is 0 Å². The highest BCUT2D eigenvalue weighted by atomic mass is 19.4. The van der Waals surface area contributed by atoms with E-state index in [1.165, 1.54) is 36.4 Å². The number of aromatic nitrogens is 1. The molecule has 3 N–H and O–H groups in total. The molecular formula is C28H24F6N4O6. The van der Waals surface area contributed by atoms with Crippen LogP contribution >= 0.6 is 0 Å². The third-order valence-electron chi connectivity index (χ3n) is 5.70. The number of anilines is 1. The van der Waals surface area contributed by atoms with Crippen molar-refractivity contribution in [3.8, 4) is 11.1 Å². The van der Waals surface area contributed by atoms with Crippen LogP contribution in [0.1, 0.15) is 23.6 Å². The monoisotopic (exact) mass is 626 g/mol. The van der Waals surface area contributed by atoms with Crippen molar-refractivity contribution in [1.29, 1.82) is 0 Å². The van der Waals surface area contributed by atoms with E-state index in [4.69, 9.17) is 4.74 Å². The minimum atomic E-state index is -5.44. The Morgan fingerprint density at radius 2 is 1.48 bits per heavy atom. The molecule has 2 amide bonds. The van der Waals surface area contributed by atoms with Crippen LogP contribution in [0.15, 0.2) is 72.9 Å². The van der Waals surface area contributed by atoms with Gasteiger partial charge < -0.3 is 25.4 Å². The molecule has 16 heteroatoms. The fourth-order valence-electron chi connectivity index (χ4n) is 3.62. The van der Waals surface area contributed by atoms with Crippen LogP contribution in [0.5, 0.6) is 0 Å². The molecule has 3 aromatic rings. The number of ether oxygens (including phenoxy) is 2. The lowest BCUT2D eigenvalue weighted by Crippen LogP contribution is -2.40. The van der Waals surface area contributed by atoms with Crippen LogP contribution in [-0.2, 0) is 30.0 Å². The maximum absolute atomic E-state index is 12.9. The highest BCUT2D eigenvalue weighted by Crippen LogP contribution is 2.31. The maximum Gasteiger partial charge on any atom is 0.491 e. The number of pyridine rings is 1. The number of nitrogens with zero attached hydrogens (tertiary/aromatic N) is 1. The number of esters is 2. The molecular weight excluding hydrogens is 602 g/mol. The summed E-state index contributed by atoms with van der Waals surface area (Å²) in [7, 11) is 0. The van der Waals surface area contributed by atoms with Gasteiger partial charge in [-0.05, 0) is 41.0 Å². The molecule has 1 aromatic heterocycles. The van der Waals surface area contributed by atoms with E-state index < -0.39 is 60.9 Å². The maximum atomic E-state index is 12.9. The summed E-state index contributed by atoms with van der Waals surface area (Å²) in [5.41, 5.74) is 0.169. The molecule has 0 aliphatic rings. The second-order valence-corrected chi connectivity index (χ2v) is 8.91. The van der Waals surface area contributed by atoms with Crippen LogP contribution in [0, 0.1) is 0 Å². The van der Waals surface area contributed by atoms with Crippen molar-refractivity contribution in [2.45, 2.75) is 24.8 Å². The second kappa shape index (κ2) is 14.8. The van der Waals surface area contributed by atoms with Crippen LogP contribution < -0.4 is 16.0 Å². The van der Waals surface area contributed by atoms with Gasteiger partial charge >= 0.3 is 30.4 Å². The fourth-order valence-corrected chi connectivity index (χ4v) is 3.62. The summed E-state index contributed by atoms with van der Waals surface area (Å²) in [4.78, 5) is 51.6. The molecule has 3 rings (SSSR count). The molecule has 1 unspecified atom stereocenters. The number of halogens is 6. The zero-order chi connectivity index (χ0) is 32.3. The number of hydrogen-bond acceptors (Lipinski definition) is 8. The lowest BCUT2D eigenvalue weighted by molar-refractivity contribution is -0.202. The molecule has 234 valence electrons. The lowest BCUT2D eigenvalue weighted by Gasteiger charge is -2.19. The lowest BCUT2D eigenvalue weighted by atomic mass is 9.98. The minimum Gasteiger partial charge on any atom is -0.448 e. The summed E-state index contributed by atoms with van der Waals surface area (Å²) < 4.78 is 84.9. The van der Waals surface area contributed by atoms with E-state index in [9.17, 15) is 45.5 Å². The van der Waals surface area contributed by atoms with Crippen LogP contribution in [0.4, 0.5) is 37.0 Å². The molecule has 0 fully saturated rings. The molecule has 10 nitrogen and oxygen atoms in total. The van der Waals surface area contributed by atoms with Crippen LogP contribution in [0.3, 0.4) is 0 Å². The van der Waals surface area contributed by atoms with Gasteiger partial charge in [0.1, 0.15) is 19.0 Å². The van der Waals surface area contributed by atoms with E-state index in [0.29, 0.717) is 16.9 Å². The Balaban J connectivity index is 1.62. The van der Waals surface area contributed by atoms with E-state index in [2.05, 4.69) is 25.7 Å². The summed E-state index contributed by atoms with van der Waals surface area (Å²) in [6.07, 6.45) is -10.3. The summed E-state index contributed by atoms with van der Waals surface area (Å²) in [6, 6.07) is 13.7. The standard InChI is InChI=1S/C28H24F6N4O6/c29-27(30,31)20-10-8-18(9-11-20)17-4-6-19(7-5-17)21(15-24(40)44-25(41)28(32,33)34)38-23(39)16-37-26(42)43-14-13-36-22-3-1-2-12-35-22/h1-12,21H,13-16H2,(H,35,36)(H,37,42)(H,38,39). The normalized spacial score (nSPS) is 12.0. The first-order chi connectivity index (χ1) is 20.7.